The van der Waals surface area contributed by atoms with E-state index >= 15 is 0 Å². The highest BCUT2D eigenvalue weighted by molar-refractivity contribution is 6.30. The summed E-state index contributed by atoms with van der Waals surface area (Å²) < 4.78 is 8.87. The number of ether oxygens (including phenoxy) is 1. The predicted octanol–water partition coefficient (Wildman–Crippen LogP) is 2.60. The van der Waals surface area contributed by atoms with E-state index in [9.17, 15) is 5.11 Å². The molecule has 0 amide bonds. The van der Waals surface area contributed by atoms with Gasteiger partial charge in [-0.15, -0.1) is 5.10 Å². The van der Waals surface area contributed by atoms with E-state index < -0.39 is 6.10 Å². The van der Waals surface area contributed by atoms with Crippen LogP contribution in [0.4, 0.5) is 0 Å². The van der Waals surface area contributed by atoms with Gasteiger partial charge < -0.3 is 9.84 Å². The fourth-order valence-electron chi connectivity index (χ4n) is 2.63. The number of nitrogens with zero attached hydrogens (tertiary/aromatic N) is 6. The van der Waals surface area contributed by atoms with Gasteiger partial charge in [0.2, 0.25) is 0 Å². The summed E-state index contributed by atoms with van der Waals surface area (Å²) in [5.74, 6) is 0. The van der Waals surface area contributed by atoms with E-state index in [-0.39, 0.29) is 12.6 Å². The van der Waals surface area contributed by atoms with Crippen molar-refractivity contribution in [2.45, 2.75) is 13.0 Å². The summed E-state index contributed by atoms with van der Waals surface area (Å²) >= 11 is 5.99. The summed E-state index contributed by atoms with van der Waals surface area (Å²) in [4.78, 5) is 9.21. The zero-order valence-corrected chi connectivity index (χ0v) is 15.5. The lowest BCUT2D eigenvalue weighted by atomic mass is 10.1. The van der Waals surface area contributed by atoms with Gasteiger partial charge in [-0.05, 0) is 19.1 Å². The van der Waals surface area contributed by atoms with Crippen LogP contribution >= 0.6 is 11.6 Å². The summed E-state index contributed by atoms with van der Waals surface area (Å²) in [6.07, 6.45) is 4.95. The van der Waals surface area contributed by atoms with Gasteiger partial charge in [0, 0.05) is 29.4 Å². The molecule has 0 bridgehead atoms. The van der Waals surface area contributed by atoms with Gasteiger partial charge in [-0.1, -0.05) is 23.7 Å². The highest BCUT2D eigenvalue weighted by atomic mass is 35.5. The number of rotatable bonds is 5. The molecule has 138 valence electrons. The minimum absolute atomic E-state index is 0.126. The molecular weight excluding hydrogens is 368 g/mol. The maximum absolute atomic E-state index is 9.20. The van der Waals surface area contributed by atoms with Crippen LogP contribution in [0.1, 0.15) is 6.92 Å². The third kappa shape index (κ3) is 3.49. The van der Waals surface area contributed by atoms with Gasteiger partial charge >= 0.3 is 6.01 Å². The topological polar surface area (TPSA) is 90.4 Å². The molecule has 1 aromatic carbocycles. The van der Waals surface area contributed by atoms with Crippen molar-refractivity contribution in [1.82, 2.24) is 29.4 Å². The Hall–Kier alpha value is -2.97. The van der Waals surface area contributed by atoms with Gasteiger partial charge in [0.25, 0.3) is 0 Å². The zero-order valence-electron chi connectivity index (χ0n) is 14.7. The molecule has 0 radical (unpaired) electrons. The van der Waals surface area contributed by atoms with Crippen molar-refractivity contribution in [3.05, 3.63) is 47.9 Å². The Bertz CT molecular complexity index is 1090. The number of hydrogen-bond donors (Lipinski definition) is 1. The largest absolute Gasteiger partial charge is 0.457 e. The monoisotopic (exact) mass is 384 g/mol. The first-order valence-corrected chi connectivity index (χ1v) is 8.71. The Kier molecular flexibility index (Phi) is 4.51. The number of aryl methyl sites for hydroxylation is 1. The molecule has 0 fully saturated rings. The molecule has 3 heterocycles. The summed E-state index contributed by atoms with van der Waals surface area (Å²) in [6.45, 7) is 1.62. The fourth-order valence-corrected chi connectivity index (χ4v) is 2.76. The quantitative estimate of drug-likeness (QED) is 0.568. The molecule has 0 spiro atoms. The van der Waals surface area contributed by atoms with Crippen LogP contribution in [0.3, 0.4) is 0 Å². The molecular formula is C18H17ClN6O2. The molecule has 0 unspecified atom stereocenters. The molecule has 8 nitrogen and oxygen atoms in total. The van der Waals surface area contributed by atoms with Crippen LogP contribution in [0.5, 0.6) is 6.01 Å². The normalized spacial score (nSPS) is 12.4. The second kappa shape index (κ2) is 6.98. The molecule has 0 saturated carbocycles. The second-order valence-electron chi connectivity index (χ2n) is 6.16. The molecule has 3 aromatic heterocycles. The Labute approximate surface area is 160 Å². The average Bonchev–Trinajstić information content (AvgIpc) is 3.27. The number of fused-ring (bicyclic) bond motifs is 1. The van der Waals surface area contributed by atoms with Gasteiger partial charge in [-0.2, -0.15) is 10.1 Å². The van der Waals surface area contributed by atoms with Crippen LogP contribution < -0.4 is 4.74 Å². The summed E-state index contributed by atoms with van der Waals surface area (Å²) in [6, 6.07) is 7.59. The molecule has 4 aromatic rings. The number of aliphatic hydroxyl groups is 1. The van der Waals surface area contributed by atoms with Crippen LogP contribution in [0.2, 0.25) is 5.02 Å². The molecule has 4 rings (SSSR count). The SMILES string of the molecule is C[C@@H](CO)Oc1nc2c(-c3cnn(C)c3)nc(-c3ccc(Cl)cc3)cn2n1. The van der Waals surface area contributed by atoms with Crippen molar-refractivity contribution in [3.8, 4) is 28.5 Å². The van der Waals surface area contributed by atoms with E-state index in [4.69, 9.17) is 21.3 Å². The fraction of sp³-hybridized carbons (Fsp3) is 0.222. The Morgan fingerprint density at radius 1 is 1.15 bits per heavy atom. The standard InChI is InChI=1S/C18H17ClN6O2/c1-11(10-26)27-18-22-17-16(13-7-20-24(2)8-13)21-15(9-25(17)23-18)12-3-5-14(19)6-4-12/h3-9,11,26H,10H2,1-2H3/t11-/m0/s1. The first kappa shape index (κ1) is 17.4. The van der Waals surface area contributed by atoms with E-state index in [1.807, 2.05) is 37.5 Å². The summed E-state index contributed by atoms with van der Waals surface area (Å²) in [5.41, 5.74) is 3.60. The second-order valence-corrected chi connectivity index (χ2v) is 6.59. The van der Waals surface area contributed by atoms with Gasteiger partial charge in [0.1, 0.15) is 11.8 Å². The zero-order chi connectivity index (χ0) is 19.0. The molecule has 0 aliphatic carbocycles. The van der Waals surface area contributed by atoms with Crippen molar-refractivity contribution in [2.75, 3.05) is 6.61 Å². The summed E-state index contributed by atoms with van der Waals surface area (Å²) in [5, 5.41) is 18.5. The molecule has 1 N–H and O–H groups in total. The van der Waals surface area contributed by atoms with Gasteiger partial charge in [0.05, 0.1) is 24.7 Å². The van der Waals surface area contributed by atoms with Crippen molar-refractivity contribution < 1.29 is 9.84 Å². The number of benzene rings is 1. The van der Waals surface area contributed by atoms with Gasteiger partial charge in [0.15, 0.2) is 5.65 Å². The molecule has 0 aliphatic heterocycles. The van der Waals surface area contributed by atoms with E-state index in [1.54, 1.807) is 28.5 Å². The molecule has 0 saturated heterocycles. The van der Waals surface area contributed by atoms with Crippen LogP contribution in [0, 0.1) is 0 Å². The van der Waals surface area contributed by atoms with Gasteiger partial charge in [-0.25, -0.2) is 9.50 Å². The van der Waals surface area contributed by atoms with Crippen LogP contribution in [-0.4, -0.2) is 47.2 Å². The van der Waals surface area contributed by atoms with E-state index in [1.165, 1.54) is 0 Å². The number of aromatic nitrogens is 6. The lowest BCUT2D eigenvalue weighted by molar-refractivity contribution is 0.120. The smallest absolute Gasteiger partial charge is 0.336 e. The van der Waals surface area contributed by atoms with E-state index in [2.05, 4.69) is 15.2 Å². The highest BCUT2D eigenvalue weighted by Gasteiger charge is 2.17. The van der Waals surface area contributed by atoms with Crippen molar-refractivity contribution in [2.24, 2.45) is 7.05 Å². The Morgan fingerprint density at radius 3 is 2.59 bits per heavy atom. The van der Waals surface area contributed by atoms with Crippen molar-refractivity contribution in [3.63, 3.8) is 0 Å². The third-order valence-electron chi connectivity index (χ3n) is 3.98. The van der Waals surface area contributed by atoms with Crippen molar-refractivity contribution >= 4 is 17.2 Å². The first-order chi connectivity index (χ1) is 13.0. The van der Waals surface area contributed by atoms with Crippen LogP contribution in [-0.2, 0) is 7.05 Å². The van der Waals surface area contributed by atoms with Crippen LogP contribution in [0.15, 0.2) is 42.9 Å². The number of aliphatic hydroxyl groups excluding tert-OH is 1. The molecule has 9 heteroatoms. The Balaban J connectivity index is 1.89. The summed E-state index contributed by atoms with van der Waals surface area (Å²) in [7, 11) is 1.84. The van der Waals surface area contributed by atoms with Crippen molar-refractivity contribution in [1.29, 1.82) is 0 Å². The third-order valence-corrected chi connectivity index (χ3v) is 4.23. The van der Waals surface area contributed by atoms with Gasteiger partial charge in [-0.3, -0.25) is 4.68 Å². The lowest BCUT2D eigenvalue weighted by Gasteiger charge is -2.06. The van der Waals surface area contributed by atoms with E-state index in [0.717, 1.165) is 11.1 Å². The minimum atomic E-state index is -0.409. The maximum Gasteiger partial charge on any atom is 0.336 e. The average molecular weight is 385 g/mol. The first-order valence-electron chi connectivity index (χ1n) is 8.33. The molecule has 27 heavy (non-hydrogen) atoms. The highest BCUT2D eigenvalue weighted by Crippen LogP contribution is 2.27. The Morgan fingerprint density at radius 2 is 1.93 bits per heavy atom. The van der Waals surface area contributed by atoms with E-state index in [0.29, 0.717) is 22.1 Å². The molecule has 0 aliphatic rings. The lowest BCUT2D eigenvalue weighted by Crippen LogP contribution is -2.16. The minimum Gasteiger partial charge on any atom is -0.457 e. The molecule has 1 atom stereocenters. The number of hydrogen-bond acceptors (Lipinski definition) is 6. The predicted molar refractivity (Wildman–Crippen MR) is 101 cm³/mol. The number of halogens is 1. The van der Waals surface area contributed by atoms with Crippen LogP contribution in [0.25, 0.3) is 28.2 Å². The maximum atomic E-state index is 9.20.